The van der Waals surface area contributed by atoms with Crippen LogP contribution >= 0.6 is 0 Å². The van der Waals surface area contributed by atoms with E-state index in [-0.39, 0.29) is 11.7 Å². The fourth-order valence-electron chi connectivity index (χ4n) is 3.23. The monoisotopic (exact) mass is 415 g/mol. The Morgan fingerprint density at radius 3 is 2.58 bits per heavy atom. The lowest BCUT2D eigenvalue weighted by atomic mass is 10.1. The van der Waals surface area contributed by atoms with E-state index in [1.54, 1.807) is 49.0 Å². The molecule has 0 atom stereocenters. The third-order valence-corrected chi connectivity index (χ3v) is 4.91. The largest absolute Gasteiger partial charge is 0.339 e. The molecule has 0 aliphatic carbocycles. The molecule has 0 unspecified atom stereocenters. The lowest BCUT2D eigenvalue weighted by Crippen LogP contribution is -2.12. The van der Waals surface area contributed by atoms with Crippen molar-refractivity contribution in [1.29, 1.82) is 0 Å². The molecule has 8 nitrogen and oxygen atoms in total. The minimum absolute atomic E-state index is 0.0627. The highest BCUT2D eigenvalue weighted by molar-refractivity contribution is 6.05. The molecule has 2 heterocycles. The summed E-state index contributed by atoms with van der Waals surface area (Å²) in [6.45, 7) is 6.96. The second-order valence-corrected chi connectivity index (χ2v) is 7.30. The van der Waals surface area contributed by atoms with Crippen molar-refractivity contribution in [3.8, 4) is 17.1 Å². The Kier molecular flexibility index (Phi) is 5.21. The van der Waals surface area contributed by atoms with E-state index in [0.29, 0.717) is 34.2 Å². The van der Waals surface area contributed by atoms with Crippen LogP contribution in [0, 0.1) is 20.8 Å². The first-order valence-electron chi connectivity index (χ1n) is 9.72. The van der Waals surface area contributed by atoms with Gasteiger partial charge in [0.1, 0.15) is 0 Å². The van der Waals surface area contributed by atoms with Crippen LogP contribution in [0.1, 0.15) is 44.8 Å². The van der Waals surface area contributed by atoms with Crippen molar-refractivity contribution in [3.05, 3.63) is 76.9 Å². The maximum atomic E-state index is 12.9. The number of anilines is 1. The van der Waals surface area contributed by atoms with Crippen LogP contribution in [0.4, 0.5) is 5.69 Å². The molecule has 0 saturated heterocycles. The number of nitrogens with one attached hydrogen (secondary N) is 1. The minimum Gasteiger partial charge on any atom is -0.339 e. The Labute approximate surface area is 178 Å². The van der Waals surface area contributed by atoms with Crippen LogP contribution in [0.15, 0.2) is 53.2 Å². The van der Waals surface area contributed by atoms with Gasteiger partial charge in [-0.3, -0.25) is 9.59 Å². The van der Waals surface area contributed by atoms with Crippen LogP contribution in [0.5, 0.6) is 0 Å². The zero-order chi connectivity index (χ0) is 22.1. The summed E-state index contributed by atoms with van der Waals surface area (Å²) in [5.74, 6) is 0.616. The maximum Gasteiger partial charge on any atom is 0.259 e. The van der Waals surface area contributed by atoms with Crippen molar-refractivity contribution >= 4 is 17.4 Å². The predicted molar refractivity (Wildman–Crippen MR) is 115 cm³/mol. The number of carbonyl (C=O) groups is 2. The summed E-state index contributed by atoms with van der Waals surface area (Å²) in [5.41, 5.74) is 4.68. The molecule has 0 bridgehead atoms. The Hall–Kier alpha value is -4.07. The molecule has 2 aromatic carbocycles. The van der Waals surface area contributed by atoms with Crippen molar-refractivity contribution in [2.75, 3.05) is 5.32 Å². The number of hydrogen-bond donors (Lipinski definition) is 1. The number of ketones is 1. The highest BCUT2D eigenvalue weighted by atomic mass is 16.5. The molecule has 156 valence electrons. The van der Waals surface area contributed by atoms with Gasteiger partial charge in [0, 0.05) is 29.9 Å². The van der Waals surface area contributed by atoms with Crippen LogP contribution in [-0.2, 0) is 0 Å². The molecule has 0 aliphatic rings. The van der Waals surface area contributed by atoms with Crippen molar-refractivity contribution in [1.82, 2.24) is 19.9 Å². The van der Waals surface area contributed by atoms with Gasteiger partial charge in [0.05, 0.1) is 16.9 Å². The molecule has 0 saturated carbocycles. The molecule has 4 aromatic rings. The highest BCUT2D eigenvalue weighted by Crippen LogP contribution is 2.24. The lowest BCUT2D eigenvalue weighted by molar-refractivity contribution is 0.101. The SMILES string of the molecule is CC(=O)c1cccc(NC(=O)c2cn(-c3cc(-c4noc(C)n4)ccc3C)nc2C)c1. The summed E-state index contributed by atoms with van der Waals surface area (Å²) in [6, 6.07) is 12.6. The molecule has 0 spiro atoms. The second kappa shape index (κ2) is 7.98. The standard InChI is InChI=1S/C23H21N5O3/c1-13-8-9-18(22-24-16(4)31-27-22)11-21(13)28-12-20(14(2)26-28)23(30)25-19-7-5-6-17(10-19)15(3)29/h5-12H,1-4H3,(H,25,30). The van der Waals surface area contributed by atoms with Gasteiger partial charge in [0.25, 0.3) is 5.91 Å². The molecule has 0 radical (unpaired) electrons. The van der Waals surface area contributed by atoms with Gasteiger partial charge in [0.15, 0.2) is 5.78 Å². The third-order valence-electron chi connectivity index (χ3n) is 4.91. The summed E-state index contributed by atoms with van der Waals surface area (Å²) in [4.78, 5) is 28.7. The van der Waals surface area contributed by atoms with Crippen molar-refractivity contribution < 1.29 is 14.1 Å². The zero-order valence-corrected chi connectivity index (χ0v) is 17.6. The molecule has 4 rings (SSSR count). The topological polar surface area (TPSA) is 103 Å². The number of aryl methyl sites for hydroxylation is 3. The van der Waals surface area contributed by atoms with E-state index >= 15 is 0 Å². The van der Waals surface area contributed by atoms with E-state index in [0.717, 1.165) is 16.8 Å². The molecular formula is C23H21N5O3. The highest BCUT2D eigenvalue weighted by Gasteiger charge is 2.17. The Morgan fingerprint density at radius 1 is 1.06 bits per heavy atom. The molecular weight excluding hydrogens is 394 g/mol. The van der Waals surface area contributed by atoms with Gasteiger partial charge < -0.3 is 9.84 Å². The summed E-state index contributed by atoms with van der Waals surface area (Å²) in [5, 5.41) is 11.3. The summed E-state index contributed by atoms with van der Waals surface area (Å²) >= 11 is 0. The molecule has 8 heteroatoms. The fourth-order valence-corrected chi connectivity index (χ4v) is 3.23. The smallest absolute Gasteiger partial charge is 0.259 e. The van der Waals surface area contributed by atoms with E-state index in [2.05, 4.69) is 20.6 Å². The number of aromatic nitrogens is 4. The van der Waals surface area contributed by atoms with Crippen molar-refractivity contribution in [2.24, 2.45) is 0 Å². The van der Waals surface area contributed by atoms with E-state index in [1.807, 2.05) is 25.1 Å². The number of rotatable bonds is 5. The fraction of sp³-hybridized carbons (Fsp3) is 0.174. The summed E-state index contributed by atoms with van der Waals surface area (Å²) in [6.07, 6.45) is 1.69. The third kappa shape index (κ3) is 4.13. The van der Waals surface area contributed by atoms with Gasteiger partial charge >= 0.3 is 0 Å². The summed E-state index contributed by atoms with van der Waals surface area (Å²) in [7, 11) is 0. The first-order chi connectivity index (χ1) is 14.8. The van der Waals surface area contributed by atoms with E-state index < -0.39 is 0 Å². The van der Waals surface area contributed by atoms with Crippen molar-refractivity contribution in [2.45, 2.75) is 27.7 Å². The molecule has 1 amide bonds. The quantitative estimate of drug-likeness (QED) is 0.488. The molecule has 0 fully saturated rings. The first kappa shape index (κ1) is 20.2. The number of hydrogen-bond acceptors (Lipinski definition) is 6. The Balaban J connectivity index is 1.64. The number of amides is 1. The molecule has 31 heavy (non-hydrogen) atoms. The number of carbonyl (C=O) groups excluding carboxylic acids is 2. The number of nitrogens with zero attached hydrogens (tertiary/aromatic N) is 4. The Bertz CT molecular complexity index is 1300. The normalized spacial score (nSPS) is 10.8. The second-order valence-electron chi connectivity index (χ2n) is 7.30. The Morgan fingerprint density at radius 2 is 1.87 bits per heavy atom. The lowest BCUT2D eigenvalue weighted by Gasteiger charge is -2.07. The van der Waals surface area contributed by atoms with E-state index in [1.165, 1.54) is 6.92 Å². The van der Waals surface area contributed by atoms with Crippen LogP contribution < -0.4 is 5.32 Å². The number of Topliss-reactive ketones (excluding diaryl/α,β-unsaturated/α-hetero) is 1. The van der Waals surface area contributed by atoms with Crippen molar-refractivity contribution in [3.63, 3.8) is 0 Å². The van der Waals surface area contributed by atoms with Gasteiger partial charge in [-0.05, 0) is 44.5 Å². The van der Waals surface area contributed by atoms with Crippen LogP contribution in [-0.4, -0.2) is 31.6 Å². The number of benzene rings is 2. The van der Waals surface area contributed by atoms with Crippen LogP contribution in [0.2, 0.25) is 0 Å². The van der Waals surface area contributed by atoms with Gasteiger partial charge in [-0.1, -0.05) is 29.4 Å². The van der Waals surface area contributed by atoms with Crippen LogP contribution in [0.3, 0.4) is 0 Å². The summed E-state index contributed by atoms with van der Waals surface area (Å²) < 4.78 is 6.74. The van der Waals surface area contributed by atoms with Gasteiger partial charge in [0.2, 0.25) is 11.7 Å². The average molecular weight is 415 g/mol. The zero-order valence-electron chi connectivity index (χ0n) is 17.6. The predicted octanol–water partition coefficient (Wildman–Crippen LogP) is 4.30. The maximum absolute atomic E-state index is 12.9. The molecule has 1 N–H and O–H groups in total. The van der Waals surface area contributed by atoms with E-state index in [9.17, 15) is 9.59 Å². The average Bonchev–Trinajstić information content (AvgIpc) is 3.34. The van der Waals surface area contributed by atoms with Gasteiger partial charge in [-0.2, -0.15) is 10.1 Å². The van der Waals surface area contributed by atoms with Crippen LogP contribution in [0.25, 0.3) is 17.1 Å². The first-order valence-corrected chi connectivity index (χ1v) is 9.72. The minimum atomic E-state index is -0.299. The molecule has 0 aliphatic heterocycles. The van der Waals surface area contributed by atoms with E-state index in [4.69, 9.17) is 4.52 Å². The molecule has 2 aromatic heterocycles. The van der Waals surface area contributed by atoms with Gasteiger partial charge in [-0.15, -0.1) is 0 Å². The van der Waals surface area contributed by atoms with Gasteiger partial charge in [-0.25, -0.2) is 4.68 Å².